The number of halogens is 1. The molecule has 0 radical (unpaired) electrons. The molecule has 2 aromatic rings. The van der Waals surface area contributed by atoms with Crippen LogP contribution in [0, 0.1) is 6.92 Å². The van der Waals surface area contributed by atoms with E-state index in [1.807, 2.05) is 25.1 Å². The zero-order chi connectivity index (χ0) is 13.0. The average Bonchev–Trinajstić information content (AvgIpc) is 2.85. The Hall–Kier alpha value is -1.55. The van der Waals surface area contributed by atoms with Crippen molar-refractivity contribution in [3.8, 4) is 17.2 Å². The van der Waals surface area contributed by atoms with Gasteiger partial charge in [-0.25, -0.2) is 0 Å². The Balaban J connectivity index is 2.23. The van der Waals surface area contributed by atoms with Crippen LogP contribution < -0.4 is 4.74 Å². The monoisotopic (exact) mass is 266 g/mol. The summed E-state index contributed by atoms with van der Waals surface area (Å²) in [5, 5.41) is 8.02. The van der Waals surface area contributed by atoms with Gasteiger partial charge in [0.1, 0.15) is 5.75 Å². The van der Waals surface area contributed by atoms with Crippen LogP contribution in [0.1, 0.15) is 17.9 Å². The van der Waals surface area contributed by atoms with Crippen LogP contribution in [0.15, 0.2) is 22.6 Å². The lowest BCUT2D eigenvalue weighted by Crippen LogP contribution is -1.88. The summed E-state index contributed by atoms with van der Waals surface area (Å²) < 4.78 is 10.8. The van der Waals surface area contributed by atoms with Gasteiger partial charge in [0, 0.05) is 17.9 Å². The lowest BCUT2D eigenvalue weighted by Gasteiger charge is -2.04. The highest BCUT2D eigenvalue weighted by Gasteiger charge is 2.10. The minimum Gasteiger partial charge on any atom is -0.496 e. The average molecular weight is 267 g/mol. The second kappa shape index (κ2) is 5.87. The summed E-state index contributed by atoms with van der Waals surface area (Å²) in [5.41, 5.74) is 1.94. The van der Waals surface area contributed by atoms with E-state index in [-0.39, 0.29) is 0 Å². The van der Waals surface area contributed by atoms with E-state index < -0.39 is 0 Å². The minimum atomic E-state index is 0.512. The fourth-order valence-electron chi connectivity index (χ4n) is 1.64. The van der Waals surface area contributed by atoms with Crippen molar-refractivity contribution in [3.05, 3.63) is 29.7 Å². The molecule has 0 saturated heterocycles. The van der Waals surface area contributed by atoms with Crippen LogP contribution in [0.4, 0.5) is 0 Å². The van der Waals surface area contributed by atoms with Gasteiger partial charge in [0.05, 0.1) is 7.11 Å². The second-order valence-electron chi connectivity index (χ2n) is 3.98. The van der Waals surface area contributed by atoms with Crippen LogP contribution in [0.25, 0.3) is 11.5 Å². The van der Waals surface area contributed by atoms with Crippen molar-refractivity contribution in [3.63, 3.8) is 0 Å². The first-order valence-electron chi connectivity index (χ1n) is 5.78. The molecule has 0 amide bonds. The molecule has 5 heteroatoms. The van der Waals surface area contributed by atoms with E-state index in [1.165, 1.54) is 0 Å². The van der Waals surface area contributed by atoms with Crippen LogP contribution in [0.2, 0.25) is 0 Å². The number of aromatic nitrogens is 2. The quantitative estimate of drug-likeness (QED) is 0.780. The fraction of sp³-hybridized carbons (Fsp3) is 0.385. The maximum Gasteiger partial charge on any atom is 0.247 e. The van der Waals surface area contributed by atoms with Gasteiger partial charge in [-0.1, -0.05) is 6.07 Å². The van der Waals surface area contributed by atoms with Crippen LogP contribution in [-0.2, 0) is 6.42 Å². The molecular formula is C13H15ClN2O2. The molecule has 4 nitrogen and oxygen atoms in total. The number of alkyl halides is 1. The summed E-state index contributed by atoms with van der Waals surface area (Å²) in [6.07, 6.45) is 1.54. The zero-order valence-corrected chi connectivity index (χ0v) is 11.2. The Morgan fingerprint density at radius 1 is 1.33 bits per heavy atom. The van der Waals surface area contributed by atoms with Crippen molar-refractivity contribution < 1.29 is 9.15 Å². The molecule has 0 N–H and O–H groups in total. The van der Waals surface area contributed by atoms with Crippen LogP contribution in [0.3, 0.4) is 0 Å². The number of benzene rings is 1. The normalized spacial score (nSPS) is 10.6. The Bertz CT molecular complexity index is 525. The van der Waals surface area contributed by atoms with Gasteiger partial charge in [-0.2, -0.15) is 0 Å². The third kappa shape index (κ3) is 2.82. The zero-order valence-electron chi connectivity index (χ0n) is 10.4. The molecule has 0 unspecified atom stereocenters. The first kappa shape index (κ1) is 12.9. The summed E-state index contributed by atoms with van der Waals surface area (Å²) in [4.78, 5) is 0. The number of rotatable bonds is 5. The Morgan fingerprint density at radius 2 is 2.17 bits per heavy atom. The molecule has 0 aliphatic carbocycles. The third-order valence-electron chi connectivity index (χ3n) is 2.65. The first-order valence-corrected chi connectivity index (χ1v) is 6.31. The molecule has 0 saturated carbocycles. The van der Waals surface area contributed by atoms with Crippen molar-refractivity contribution in [2.24, 2.45) is 0 Å². The SMILES string of the molecule is COc1cc(-c2nnc(CCCCl)o2)ccc1C. The van der Waals surface area contributed by atoms with Crippen LogP contribution >= 0.6 is 11.6 Å². The van der Waals surface area contributed by atoms with E-state index in [1.54, 1.807) is 7.11 Å². The molecule has 0 fully saturated rings. The van der Waals surface area contributed by atoms with Gasteiger partial charge < -0.3 is 9.15 Å². The Labute approximate surface area is 111 Å². The number of aryl methyl sites for hydroxylation is 2. The molecule has 1 heterocycles. The maximum absolute atomic E-state index is 5.63. The molecule has 0 bridgehead atoms. The summed E-state index contributed by atoms with van der Waals surface area (Å²) in [6.45, 7) is 1.99. The number of nitrogens with zero attached hydrogens (tertiary/aromatic N) is 2. The van der Waals surface area contributed by atoms with E-state index in [2.05, 4.69) is 10.2 Å². The summed E-state index contributed by atoms with van der Waals surface area (Å²) in [5.74, 6) is 2.53. The van der Waals surface area contributed by atoms with Gasteiger partial charge in [-0.05, 0) is 31.0 Å². The van der Waals surface area contributed by atoms with Crippen LogP contribution in [-0.4, -0.2) is 23.2 Å². The number of methoxy groups -OCH3 is 1. The first-order chi connectivity index (χ1) is 8.74. The third-order valence-corrected chi connectivity index (χ3v) is 2.91. The standard InChI is InChI=1S/C13H15ClN2O2/c1-9-5-6-10(8-11(9)17-2)13-16-15-12(18-13)4-3-7-14/h5-6,8H,3-4,7H2,1-2H3. The lowest BCUT2D eigenvalue weighted by molar-refractivity contribution is 0.411. The molecule has 1 aromatic carbocycles. The Kier molecular flexibility index (Phi) is 4.20. The topological polar surface area (TPSA) is 48.2 Å². The van der Waals surface area contributed by atoms with Gasteiger partial charge in [-0.3, -0.25) is 0 Å². The van der Waals surface area contributed by atoms with E-state index in [0.717, 1.165) is 23.3 Å². The van der Waals surface area contributed by atoms with Gasteiger partial charge in [0.2, 0.25) is 11.8 Å². The highest BCUT2D eigenvalue weighted by Crippen LogP contribution is 2.26. The van der Waals surface area contributed by atoms with Crippen molar-refractivity contribution in [1.82, 2.24) is 10.2 Å². The number of ether oxygens (including phenoxy) is 1. The molecular weight excluding hydrogens is 252 g/mol. The molecule has 0 aliphatic rings. The molecule has 2 rings (SSSR count). The summed E-state index contributed by atoms with van der Waals surface area (Å²) in [7, 11) is 1.64. The van der Waals surface area contributed by atoms with Gasteiger partial charge in [0.15, 0.2) is 0 Å². The molecule has 96 valence electrons. The van der Waals surface area contributed by atoms with Gasteiger partial charge in [0.25, 0.3) is 0 Å². The molecule has 0 atom stereocenters. The maximum atomic E-state index is 5.63. The predicted octanol–water partition coefficient (Wildman–Crippen LogP) is 3.23. The van der Waals surface area contributed by atoms with Crippen molar-refractivity contribution in [1.29, 1.82) is 0 Å². The molecule has 0 aliphatic heterocycles. The summed E-state index contributed by atoms with van der Waals surface area (Å²) in [6, 6.07) is 5.81. The van der Waals surface area contributed by atoms with Gasteiger partial charge in [-0.15, -0.1) is 21.8 Å². The predicted molar refractivity (Wildman–Crippen MR) is 70.1 cm³/mol. The molecule has 1 aromatic heterocycles. The second-order valence-corrected chi connectivity index (χ2v) is 4.36. The van der Waals surface area contributed by atoms with E-state index in [4.69, 9.17) is 20.8 Å². The molecule has 0 spiro atoms. The van der Waals surface area contributed by atoms with E-state index in [9.17, 15) is 0 Å². The number of hydrogen-bond acceptors (Lipinski definition) is 4. The smallest absolute Gasteiger partial charge is 0.247 e. The van der Waals surface area contributed by atoms with Crippen LogP contribution in [0.5, 0.6) is 5.75 Å². The van der Waals surface area contributed by atoms with Crippen molar-refractivity contribution >= 4 is 11.6 Å². The molecule has 18 heavy (non-hydrogen) atoms. The van der Waals surface area contributed by atoms with Crippen molar-refractivity contribution in [2.75, 3.05) is 13.0 Å². The highest BCUT2D eigenvalue weighted by molar-refractivity contribution is 6.17. The Morgan fingerprint density at radius 3 is 2.89 bits per heavy atom. The minimum absolute atomic E-state index is 0.512. The fourth-order valence-corrected chi connectivity index (χ4v) is 1.78. The highest BCUT2D eigenvalue weighted by atomic mass is 35.5. The summed E-state index contributed by atoms with van der Waals surface area (Å²) >= 11 is 5.63. The largest absolute Gasteiger partial charge is 0.496 e. The van der Waals surface area contributed by atoms with Crippen molar-refractivity contribution in [2.45, 2.75) is 19.8 Å². The van der Waals surface area contributed by atoms with E-state index in [0.29, 0.717) is 24.1 Å². The van der Waals surface area contributed by atoms with E-state index >= 15 is 0 Å². The van der Waals surface area contributed by atoms with Gasteiger partial charge >= 0.3 is 0 Å². The number of hydrogen-bond donors (Lipinski definition) is 0. The lowest BCUT2D eigenvalue weighted by atomic mass is 10.1.